The number of nitrogens with one attached hydrogen (secondary N) is 1. The van der Waals surface area contributed by atoms with Crippen LogP contribution in [0.5, 0.6) is 5.75 Å². The van der Waals surface area contributed by atoms with Crippen LogP contribution in [0.3, 0.4) is 0 Å². The Balaban J connectivity index is 2.22. The van der Waals surface area contributed by atoms with E-state index >= 15 is 0 Å². The zero-order chi connectivity index (χ0) is 13.0. The standard InChI is InChI=1S/C14H20ClNO2/c1-17-9-11-8-14(18-2)13(15)7-10(11)6-12-4-3-5-16-12/h7-8,12,16H,3-6,9H2,1-2H3. The highest BCUT2D eigenvalue weighted by molar-refractivity contribution is 6.32. The van der Waals surface area contributed by atoms with Gasteiger partial charge in [-0.15, -0.1) is 0 Å². The first kappa shape index (κ1) is 13.7. The van der Waals surface area contributed by atoms with Crippen molar-refractivity contribution >= 4 is 11.6 Å². The zero-order valence-corrected chi connectivity index (χ0v) is 11.7. The van der Waals surface area contributed by atoms with Crippen molar-refractivity contribution in [3.63, 3.8) is 0 Å². The fraction of sp³-hybridized carbons (Fsp3) is 0.571. The molecule has 0 bridgehead atoms. The molecule has 0 amide bonds. The second-order valence-corrected chi connectivity index (χ2v) is 5.09. The van der Waals surface area contributed by atoms with E-state index in [0.29, 0.717) is 23.4 Å². The Bertz CT molecular complexity index is 403. The summed E-state index contributed by atoms with van der Waals surface area (Å²) < 4.78 is 10.5. The Morgan fingerprint density at radius 3 is 2.78 bits per heavy atom. The lowest BCUT2D eigenvalue weighted by atomic mass is 9.99. The fourth-order valence-corrected chi connectivity index (χ4v) is 2.73. The van der Waals surface area contributed by atoms with Gasteiger partial charge in [-0.2, -0.15) is 0 Å². The van der Waals surface area contributed by atoms with Crippen molar-refractivity contribution in [2.75, 3.05) is 20.8 Å². The second-order valence-electron chi connectivity index (χ2n) is 4.69. The van der Waals surface area contributed by atoms with Gasteiger partial charge in [-0.3, -0.25) is 0 Å². The van der Waals surface area contributed by atoms with E-state index in [2.05, 4.69) is 5.32 Å². The first-order valence-electron chi connectivity index (χ1n) is 6.32. The van der Waals surface area contributed by atoms with Gasteiger partial charge in [0, 0.05) is 13.2 Å². The van der Waals surface area contributed by atoms with Crippen molar-refractivity contribution in [3.8, 4) is 5.75 Å². The highest BCUT2D eigenvalue weighted by Gasteiger charge is 2.17. The molecule has 0 radical (unpaired) electrons. The third kappa shape index (κ3) is 3.16. The molecule has 1 aromatic carbocycles. The molecular formula is C14H20ClNO2. The van der Waals surface area contributed by atoms with Crippen molar-refractivity contribution in [3.05, 3.63) is 28.3 Å². The molecular weight excluding hydrogens is 250 g/mol. The van der Waals surface area contributed by atoms with Crippen LogP contribution in [-0.2, 0) is 17.8 Å². The minimum absolute atomic E-state index is 0.560. The number of benzene rings is 1. The van der Waals surface area contributed by atoms with E-state index in [4.69, 9.17) is 21.1 Å². The van der Waals surface area contributed by atoms with E-state index in [-0.39, 0.29) is 0 Å². The van der Waals surface area contributed by atoms with E-state index in [9.17, 15) is 0 Å². The molecule has 3 nitrogen and oxygen atoms in total. The summed E-state index contributed by atoms with van der Waals surface area (Å²) in [6.45, 7) is 1.71. The number of ether oxygens (including phenoxy) is 2. The summed E-state index contributed by atoms with van der Waals surface area (Å²) in [6, 6.07) is 4.55. The molecule has 18 heavy (non-hydrogen) atoms. The van der Waals surface area contributed by atoms with Gasteiger partial charge in [-0.1, -0.05) is 11.6 Å². The molecule has 1 fully saturated rings. The third-order valence-corrected chi connectivity index (χ3v) is 3.70. The molecule has 0 aromatic heterocycles. The van der Waals surface area contributed by atoms with E-state index in [1.165, 1.54) is 18.4 Å². The van der Waals surface area contributed by atoms with E-state index in [0.717, 1.165) is 18.5 Å². The first-order valence-corrected chi connectivity index (χ1v) is 6.70. The van der Waals surface area contributed by atoms with Gasteiger partial charge >= 0.3 is 0 Å². The molecule has 1 atom stereocenters. The molecule has 1 N–H and O–H groups in total. The quantitative estimate of drug-likeness (QED) is 0.892. The van der Waals surface area contributed by atoms with Gasteiger partial charge in [0.25, 0.3) is 0 Å². The van der Waals surface area contributed by atoms with Crippen LogP contribution in [0.15, 0.2) is 12.1 Å². The van der Waals surface area contributed by atoms with Crippen molar-refractivity contribution in [1.29, 1.82) is 0 Å². The number of hydrogen-bond acceptors (Lipinski definition) is 3. The molecule has 1 aliphatic rings. The predicted molar refractivity (Wildman–Crippen MR) is 73.4 cm³/mol. The van der Waals surface area contributed by atoms with Crippen molar-refractivity contribution in [2.24, 2.45) is 0 Å². The minimum atomic E-state index is 0.560. The first-order chi connectivity index (χ1) is 8.74. The summed E-state index contributed by atoms with van der Waals surface area (Å²) >= 11 is 6.20. The van der Waals surface area contributed by atoms with Gasteiger partial charge in [-0.05, 0) is 49.1 Å². The Kier molecular flexibility index (Phi) is 4.87. The number of methoxy groups -OCH3 is 2. The molecule has 4 heteroatoms. The van der Waals surface area contributed by atoms with Gasteiger partial charge in [0.2, 0.25) is 0 Å². The Hall–Kier alpha value is -0.770. The highest BCUT2D eigenvalue weighted by Crippen LogP contribution is 2.30. The predicted octanol–water partition coefficient (Wildman–Crippen LogP) is 2.79. The minimum Gasteiger partial charge on any atom is -0.495 e. The fourth-order valence-electron chi connectivity index (χ4n) is 2.47. The van der Waals surface area contributed by atoms with Crippen LogP contribution in [0.25, 0.3) is 0 Å². The molecule has 100 valence electrons. The Morgan fingerprint density at radius 2 is 2.17 bits per heavy atom. The smallest absolute Gasteiger partial charge is 0.137 e. The van der Waals surface area contributed by atoms with Crippen LogP contribution < -0.4 is 10.1 Å². The van der Waals surface area contributed by atoms with Crippen LogP contribution in [0.4, 0.5) is 0 Å². The summed E-state index contributed by atoms with van der Waals surface area (Å²) in [6.07, 6.45) is 3.49. The second kappa shape index (κ2) is 6.41. The van der Waals surface area contributed by atoms with Gasteiger partial charge in [0.05, 0.1) is 18.7 Å². The summed E-state index contributed by atoms with van der Waals surface area (Å²) in [5, 5.41) is 4.18. The molecule has 2 rings (SSSR count). The maximum absolute atomic E-state index is 6.20. The van der Waals surface area contributed by atoms with Crippen LogP contribution in [0.2, 0.25) is 5.02 Å². The molecule has 0 spiro atoms. The number of hydrogen-bond donors (Lipinski definition) is 1. The van der Waals surface area contributed by atoms with Gasteiger partial charge < -0.3 is 14.8 Å². The van der Waals surface area contributed by atoms with Crippen LogP contribution in [0, 0.1) is 0 Å². The van der Waals surface area contributed by atoms with Crippen molar-refractivity contribution < 1.29 is 9.47 Å². The lowest BCUT2D eigenvalue weighted by Crippen LogP contribution is -2.24. The normalized spacial score (nSPS) is 19.2. The summed E-state index contributed by atoms with van der Waals surface area (Å²) in [7, 11) is 3.34. The third-order valence-electron chi connectivity index (χ3n) is 3.40. The van der Waals surface area contributed by atoms with Crippen molar-refractivity contribution in [1.82, 2.24) is 5.32 Å². The molecule has 1 aromatic rings. The lowest BCUT2D eigenvalue weighted by Gasteiger charge is -2.16. The van der Waals surface area contributed by atoms with E-state index in [1.807, 2.05) is 12.1 Å². The van der Waals surface area contributed by atoms with E-state index < -0.39 is 0 Å². The van der Waals surface area contributed by atoms with E-state index in [1.54, 1.807) is 14.2 Å². The summed E-state index contributed by atoms with van der Waals surface area (Å²) in [4.78, 5) is 0. The largest absolute Gasteiger partial charge is 0.495 e. The van der Waals surface area contributed by atoms with Crippen LogP contribution in [-0.4, -0.2) is 26.8 Å². The molecule has 0 saturated carbocycles. The van der Waals surface area contributed by atoms with Gasteiger partial charge in [-0.25, -0.2) is 0 Å². The molecule has 1 saturated heterocycles. The molecule has 1 unspecified atom stereocenters. The van der Waals surface area contributed by atoms with Crippen LogP contribution >= 0.6 is 11.6 Å². The van der Waals surface area contributed by atoms with Gasteiger partial charge in [0.1, 0.15) is 5.75 Å². The Labute approximate surface area is 113 Å². The van der Waals surface area contributed by atoms with Crippen LogP contribution in [0.1, 0.15) is 24.0 Å². The number of halogens is 1. The van der Waals surface area contributed by atoms with Gasteiger partial charge in [0.15, 0.2) is 0 Å². The monoisotopic (exact) mass is 269 g/mol. The Morgan fingerprint density at radius 1 is 1.33 bits per heavy atom. The molecule has 0 aliphatic carbocycles. The molecule has 1 aliphatic heterocycles. The maximum Gasteiger partial charge on any atom is 0.137 e. The zero-order valence-electron chi connectivity index (χ0n) is 11.0. The summed E-state index contributed by atoms with van der Waals surface area (Å²) in [5.74, 6) is 0.715. The lowest BCUT2D eigenvalue weighted by molar-refractivity contribution is 0.183. The molecule has 1 heterocycles. The average molecular weight is 270 g/mol. The summed E-state index contributed by atoms with van der Waals surface area (Å²) in [5.41, 5.74) is 2.41. The average Bonchev–Trinajstić information content (AvgIpc) is 2.85. The maximum atomic E-state index is 6.20. The highest BCUT2D eigenvalue weighted by atomic mass is 35.5. The number of rotatable bonds is 5. The van der Waals surface area contributed by atoms with Crippen molar-refractivity contribution in [2.45, 2.75) is 31.9 Å². The SMILES string of the molecule is COCc1cc(OC)c(Cl)cc1CC1CCCN1. The topological polar surface area (TPSA) is 30.5 Å².